The standard InChI is InChI=1S/C18H20ClFN2O3S.C17H17ClFNO4S.C10H13ClO2S.C7H6FNO2.2CH4/c1-18(2,3)11-5-7-12(8-6-11)26(24,25)22-14-10-9-13(19)16(20)15(14)17(23)21-4;1-17(2,3)10-4-6-11(7-5-10)25(23,24)20-13-9-8-12(18)15(19)14(13)16(21)22;1-10(2,3)8-4-6-9(7-5-8)14(11,12)13;8-4-2-1-3-5(9)6(4)7(10)11;;/h5-10,22H,1-4H3,(H,21,23);4-9,20H,1-3H3,(H,21,22);4-7H,1-3H3;1-3H,9H2,(H,10,11);2*1H4. The number of nitrogen functional groups attached to an aromatic ring is 1. The molecule has 0 aliphatic heterocycles. The Hall–Kier alpha value is -6.36. The van der Waals surface area contributed by atoms with Gasteiger partial charge in [0.2, 0.25) is 0 Å². The van der Waals surface area contributed by atoms with Crippen molar-refractivity contribution in [2.24, 2.45) is 0 Å². The number of halogens is 6. The molecular formula is C54H64Cl3F3N4O11S3. The van der Waals surface area contributed by atoms with E-state index in [0.29, 0.717) is 0 Å². The molecule has 0 bridgehead atoms. The first-order chi connectivity index (χ1) is 34.7. The van der Waals surface area contributed by atoms with Gasteiger partial charge in [-0.25, -0.2) is 48.0 Å². The zero-order valence-electron chi connectivity index (χ0n) is 42.6. The smallest absolute Gasteiger partial charge is 0.340 e. The van der Waals surface area contributed by atoms with Crippen LogP contribution in [0.4, 0.5) is 30.2 Å². The van der Waals surface area contributed by atoms with Gasteiger partial charge in [-0.05, 0) is 106 Å². The van der Waals surface area contributed by atoms with Crippen molar-refractivity contribution in [1.82, 2.24) is 5.32 Å². The first-order valence-electron chi connectivity index (χ1n) is 22.2. The number of anilines is 3. The number of nitrogens with two attached hydrogens (primary N) is 1. The highest BCUT2D eigenvalue weighted by Crippen LogP contribution is 2.31. The summed E-state index contributed by atoms with van der Waals surface area (Å²) in [7, 11) is -5.18. The normalized spacial score (nSPS) is 11.5. The van der Waals surface area contributed by atoms with E-state index in [1.165, 1.54) is 67.7 Å². The van der Waals surface area contributed by atoms with Crippen molar-refractivity contribution in [3.63, 3.8) is 0 Å². The van der Waals surface area contributed by atoms with Gasteiger partial charge >= 0.3 is 11.9 Å². The predicted octanol–water partition coefficient (Wildman–Crippen LogP) is 13.5. The second-order valence-corrected chi connectivity index (χ2v) is 26.2. The molecule has 6 rings (SSSR count). The zero-order chi connectivity index (χ0) is 58.1. The van der Waals surface area contributed by atoms with Crippen LogP contribution in [0.15, 0.2) is 130 Å². The minimum absolute atomic E-state index is 0. The molecule has 0 heterocycles. The lowest BCUT2D eigenvalue weighted by Gasteiger charge is -2.19. The number of aromatic carboxylic acids is 2. The summed E-state index contributed by atoms with van der Waals surface area (Å²) in [4.78, 5) is 33.6. The Morgan fingerprint density at radius 2 is 0.821 bits per heavy atom. The Kier molecular flexibility index (Phi) is 24.5. The van der Waals surface area contributed by atoms with Gasteiger partial charge in [-0.1, -0.05) is 143 Å². The number of carboxylic acids is 2. The molecule has 0 saturated heterocycles. The summed E-state index contributed by atoms with van der Waals surface area (Å²) in [6, 6.07) is 27.6. The van der Waals surface area contributed by atoms with E-state index in [0.717, 1.165) is 34.9 Å². The molecule has 0 aromatic heterocycles. The van der Waals surface area contributed by atoms with E-state index in [9.17, 15) is 52.8 Å². The number of amides is 1. The number of carbonyl (C=O) groups is 3. The van der Waals surface area contributed by atoms with Gasteiger partial charge in [-0.2, -0.15) is 0 Å². The summed E-state index contributed by atoms with van der Waals surface area (Å²) < 4.78 is 117. The van der Waals surface area contributed by atoms with Crippen LogP contribution in [-0.4, -0.2) is 60.4 Å². The maximum atomic E-state index is 14.2. The van der Waals surface area contributed by atoms with E-state index >= 15 is 0 Å². The largest absolute Gasteiger partial charge is 0.478 e. The first-order valence-corrected chi connectivity index (χ1v) is 28.3. The van der Waals surface area contributed by atoms with Gasteiger partial charge in [0, 0.05) is 23.4 Å². The Bertz CT molecular complexity index is 3420. The number of carboxylic acid groups (broad SMARTS) is 2. The van der Waals surface area contributed by atoms with Crippen LogP contribution in [0.1, 0.15) is 125 Å². The molecule has 24 heteroatoms. The molecule has 426 valence electrons. The van der Waals surface area contributed by atoms with E-state index in [4.69, 9.17) is 49.8 Å². The lowest BCUT2D eigenvalue weighted by molar-refractivity contribution is 0.0682. The molecule has 0 saturated carbocycles. The van der Waals surface area contributed by atoms with Gasteiger partial charge in [0.1, 0.15) is 22.5 Å². The van der Waals surface area contributed by atoms with Gasteiger partial charge in [-0.3, -0.25) is 14.2 Å². The number of hydrogen-bond acceptors (Lipinski definition) is 10. The summed E-state index contributed by atoms with van der Waals surface area (Å²) >= 11 is 11.3. The van der Waals surface area contributed by atoms with Gasteiger partial charge in [0.15, 0.2) is 11.6 Å². The Morgan fingerprint density at radius 3 is 1.10 bits per heavy atom. The van der Waals surface area contributed by atoms with Crippen LogP contribution in [0.25, 0.3) is 0 Å². The van der Waals surface area contributed by atoms with Gasteiger partial charge in [0.25, 0.3) is 35.0 Å². The lowest BCUT2D eigenvalue weighted by atomic mass is 9.87. The Morgan fingerprint density at radius 1 is 0.500 bits per heavy atom. The van der Waals surface area contributed by atoms with Crippen LogP contribution in [0.5, 0.6) is 0 Å². The number of carbonyl (C=O) groups excluding carboxylic acids is 1. The number of nitrogens with one attached hydrogen (secondary N) is 3. The zero-order valence-corrected chi connectivity index (χ0v) is 47.3. The lowest BCUT2D eigenvalue weighted by Crippen LogP contribution is -2.23. The molecule has 1 amide bonds. The fraction of sp³-hybridized carbons (Fsp3) is 0.278. The van der Waals surface area contributed by atoms with Crippen molar-refractivity contribution in [1.29, 1.82) is 0 Å². The second-order valence-electron chi connectivity index (χ2n) is 19.4. The minimum Gasteiger partial charge on any atom is -0.478 e. The van der Waals surface area contributed by atoms with E-state index in [2.05, 4.69) is 35.5 Å². The monoisotopic (exact) mass is 1200 g/mol. The van der Waals surface area contributed by atoms with Crippen LogP contribution in [0.3, 0.4) is 0 Å². The molecule has 7 N–H and O–H groups in total. The third-order valence-electron chi connectivity index (χ3n) is 10.7. The molecule has 15 nitrogen and oxygen atoms in total. The predicted molar refractivity (Wildman–Crippen MR) is 304 cm³/mol. The highest BCUT2D eigenvalue weighted by Gasteiger charge is 2.26. The maximum absolute atomic E-state index is 14.2. The van der Waals surface area contributed by atoms with Gasteiger partial charge < -0.3 is 21.3 Å². The number of hydrogen-bond donors (Lipinski definition) is 6. The average Bonchev–Trinajstić information content (AvgIpc) is 3.30. The fourth-order valence-electron chi connectivity index (χ4n) is 6.39. The molecule has 6 aromatic carbocycles. The molecule has 0 atom stereocenters. The summed E-state index contributed by atoms with van der Waals surface area (Å²) in [5.41, 5.74) is 5.55. The number of benzene rings is 6. The third-order valence-corrected chi connectivity index (χ3v) is 15.4. The fourth-order valence-corrected chi connectivity index (χ4v) is 9.62. The van der Waals surface area contributed by atoms with Gasteiger partial charge in [0.05, 0.1) is 36.1 Å². The van der Waals surface area contributed by atoms with Crippen molar-refractivity contribution in [3.05, 3.63) is 176 Å². The highest BCUT2D eigenvalue weighted by molar-refractivity contribution is 8.13. The van der Waals surface area contributed by atoms with Crippen LogP contribution >= 0.6 is 33.9 Å². The Balaban J connectivity index is 0.000000543. The molecule has 78 heavy (non-hydrogen) atoms. The van der Waals surface area contributed by atoms with Crippen molar-refractivity contribution in [3.8, 4) is 0 Å². The number of sulfonamides is 2. The highest BCUT2D eigenvalue weighted by atomic mass is 35.7. The minimum atomic E-state index is -4.08. The molecule has 0 radical (unpaired) electrons. The number of rotatable bonds is 10. The molecular weight excluding hydrogens is 1140 g/mol. The van der Waals surface area contributed by atoms with Crippen LogP contribution in [0, 0.1) is 17.5 Å². The summed E-state index contributed by atoms with van der Waals surface area (Å²) in [6.07, 6.45) is 0. The van der Waals surface area contributed by atoms with Crippen molar-refractivity contribution >= 4 is 97.9 Å². The van der Waals surface area contributed by atoms with Crippen LogP contribution in [0.2, 0.25) is 10.0 Å². The molecule has 0 spiro atoms. The third kappa shape index (κ3) is 18.9. The van der Waals surface area contributed by atoms with E-state index in [1.807, 2.05) is 41.5 Å². The van der Waals surface area contributed by atoms with Crippen molar-refractivity contribution < 1.29 is 63.0 Å². The molecule has 0 aliphatic rings. The Labute approximate surface area is 469 Å². The molecule has 0 aliphatic carbocycles. The SMILES string of the molecule is C.C.CC(C)(C)c1ccc(S(=O)(=O)Cl)cc1.CC(C)(C)c1ccc(S(=O)(=O)Nc2ccc(Cl)c(F)c2C(=O)O)cc1.CNC(=O)c1c(NS(=O)(=O)c2ccc(C(C)(C)C)cc2)ccc(Cl)c1F.Nc1cccc(F)c1C(=O)O. The van der Waals surface area contributed by atoms with Crippen molar-refractivity contribution in [2.45, 2.75) is 108 Å². The molecule has 6 aromatic rings. The summed E-state index contributed by atoms with van der Waals surface area (Å²) in [5, 5.41) is 19.1. The van der Waals surface area contributed by atoms with E-state index in [-0.39, 0.29) is 62.2 Å². The molecule has 0 fully saturated rings. The second kappa shape index (κ2) is 27.5. The van der Waals surface area contributed by atoms with Crippen LogP contribution < -0.4 is 20.5 Å². The van der Waals surface area contributed by atoms with Crippen molar-refractivity contribution in [2.75, 3.05) is 22.2 Å². The molecule has 0 unspecified atom stereocenters. The average molecular weight is 1200 g/mol. The topological polar surface area (TPSA) is 256 Å². The first kappa shape index (κ1) is 69.7. The van der Waals surface area contributed by atoms with Gasteiger partial charge in [-0.15, -0.1) is 0 Å². The maximum Gasteiger partial charge on any atom is 0.340 e. The quantitative estimate of drug-likeness (QED) is 0.0553. The van der Waals surface area contributed by atoms with E-state index in [1.54, 1.807) is 36.4 Å². The summed E-state index contributed by atoms with van der Waals surface area (Å²) in [6.45, 7) is 18.2. The van der Waals surface area contributed by atoms with Crippen LogP contribution in [-0.2, 0) is 45.3 Å². The van der Waals surface area contributed by atoms with E-state index < -0.39 is 91.8 Å². The summed E-state index contributed by atoms with van der Waals surface area (Å²) in [5.74, 6) is -6.75.